The number of ketones is 1. The Kier molecular flexibility index (Phi) is 6.62. The third-order valence-corrected chi connectivity index (χ3v) is 3.07. The van der Waals surface area contributed by atoms with Gasteiger partial charge in [0.1, 0.15) is 23.5 Å². The maximum absolute atomic E-state index is 13.5. The van der Waals surface area contributed by atoms with Gasteiger partial charge in [-0.3, -0.25) is 9.59 Å². The van der Waals surface area contributed by atoms with Gasteiger partial charge in [0.25, 0.3) is 5.91 Å². The largest absolute Gasteiger partial charge is 0.467 e. The second-order valence-electron chi connectivity index (χ2n) is 4.60. The van der Waals surface area contributed by atoms with Crippen LogP contribution < -0.4 is 5.32 Å². The molecule has 0 saturated carbocycles. The lowest BCUT2D eigenvalue weighted by molar-refractivity contribution is -0.143. The van der Waals surface area contributed by atoms with Gasteiger partial charge in [-0.2, -0.15) is 0 Å². The van der Waals surface area contributed by atoms with Gasteiger partial charge in [0, 0.05) is 18.9 Å². The summed E-state index contributed by atoms with van der Waals surface area (Å²) in [6.45, 7) is 1.68. The number of benzene rings is 1. The molecule has 1 N–H and O–H groups in total. The number of nitrogens with one attached hydrogen (secondary N) is 1. The second-order valence-corrected chi connectivity index (χ2v) is 4.60. The number of carbonyl (C=O) groups excluding carboxylic acids is 3. The maximum atomic E-state index is 13.5. The van der Waals surface area contributed by atoms with E-state index in [1.54, 1.807) is 6.92 Å². The lowest BCUT2D eigenvalue weighted by Gasteiger charge is -2.16. The zero-order chi connectivity index (χ0) is 16.7. The quantitative estimate of drug-likeness (QED) is 0.781. The number of amides is 1. The van der Waals surface area contributed by atoms with Gasteiger partial charge >= 0.3 is 5.97 Å². The normalized spacial score (nSPS) is 11.6. The number of rotatable bonds is 7. The number of halogens is 2. The molecule has 0 aliphatic carbocycles. The molecule has 1 aromatic rings. The summed E-state index contributed by atoms with van der Waals surface area (Å²) >= 11 is 0. The summed E-state index contributed by atoms with van der Waals surface area (Å²) < 4.78 is 30.9. The molecule has 5 nitrogen and oxygen atoms in total. The summed E-state index contributed by atoms with van der Waals surface area (Å²) in [7, 11) is 1.14. The summed E-state index contributed by atoms with van der Waals surface area (Å²) in [4.78, 5) is 34.9. The van der Waals surface area contributed by atoms with E-state index in [2.05, 4.69) is 10.1 Å². The molecule has 0 unspecified atom stereocenters. The molecule has 22 heavy (non-hydrogen) atoms. The summed E-state index contributed by atoms with van der Waals surface area (Å²) in [5.41, 5.74) is -0.392. The minimum Gasteiger partial charge on any atom is -0.467 e. The molecule has 0 heterocycles. The number of hydrogen-bond acceptors (Lipinski definition) is 4. The summed E-state index contributed by atoms with van der Waals surface area (Å²) in [5, 5.41) is 2.30. The molecular weight excluding hydrogens is 296 g/mol. The van der Waals surface area contributed by atoms with Gasteiger partial charge < -0.3 is 10.1 Å². The molecule has 7 heteroatoms. The van der Waals surface area contributed by atoms with Crippen molar-refractivity contribution in [2.24, 2.45) is 0 Å². The van der Waals surface area contributed by atoms with Crippen LogP contribution in [-0.2, 0) is 14.3 Å². The van der Waals surface area contributed by atoms with E-state index in [9.17, 15) is 23.2 Å². The second kappa shape index (κ2) is 8.21. The first-order chi connectivity index (χ1) is 10.4. The number of ether oxygens (including phenoxy) is 1. The van der Waals surface area contributed by atoms with Crippen LogP contribution in [0.3, 0.4) is 0 Å². The molecule has 120 valence electrons. The fourth-order valence-corrected chi connectivity index (χ4v) is 1.78. The first kappa shape index (κ1) is 17.7. The Morgan fingerprint density at radius 3 is 2.50 bits per heavy atom. The maximum Gasteiger partial charge on any atom is 0.328 e. The lowest BCUT2D eigenvalue weighted by atomic mass is 10.1. The van der Waals surface area contributed by atoms with Gasteiger partial charge in [-0.15, -0.1) is 0 Å². The van der Waals surface area contributed by atoms with Gasteiger partial charge in [-0.25, -0.2) is 13.6 Å². The Labute approximate surface area is 126 Å². The Hall–Kier alpha value is -2.31. The number of esters is 1. The first-order valence-corrected chi connectivity index (χ1v) is 6.74. The Morgan fingerprint density at radius 2 is 1.95 bits per heavy atom. The van der Waals surface area contributed by atoms with Crippen LogP contribution in [0, 0.1) is 11.6 Å². The van der Waals surface area contributed by atoms with Crippen LogP contribution >= 0.6 is 0 Å². The highest BCUT2D eigenvalue weighted by atomic mass is 19.1. The highest BCUT2D eigenvalue weighted by molar-refractivity contribution is 5.97. The molecule has 1 rings (SSSR count). The SMILES string of the molecule is CCC(=O)CC[C@@H](NC(=O)c1ccc(F)cc1F)C(=O)OC. The Bertz CT molecular complexity index is 575. The number of methoxy groups -OCH3 is 1. The summed E-state index contributed by atoms with van der Waals surface area (Å²) in [6, 6.07) is 1.41. The van der Waals surface area contributed by atoms with Gasteiger partial charge in [0.15, 0.2) is 0 Å². The van der Waals surface area contributed by atoms with E-state index in [1.165, 1.54) is 0 Å². The van der Waals surface area contributed by atoms with E-state index >= 15 is 0 Å². The van der Waals surface area contributed by atoms with E-state index < -0.39 is 35.1 Å². The number of carbonyl (C=O) groups is 3. The molecule has 1 aromatic carbocycles. The Balaban J connectivity index is 2.81. The van der Waals surface area contributed by atoms with Crippen LogP contribution in [0.5, 0.6) is 0 Å². The van der Waals surface area contributed by atoms with Gasteiger partial charge in [0.2, 0.25) is 0 Å². The molecule has 0 aromatic heterocycles. The molecule has 0 radical (unpaired) electrons. The smallest absolute Gasteiger partial charge is 0.328 e. The number of Topliss-reactive ketones (excluding diaryl/α,β-unsaturated/α-hetero) is 1. The molecule has 0 spiro atoms. The fraction of sp³-hybridized carbons (Fsp3) is 0.400. The van der Waals surface area contributed by atoms with Crippen molar-refractivity contribution < 1.29 is 27.9 Å². The third-order valence-electron chi connectivity index (χ3n) is 3.07. The fourth-order valence-electron chi connectivity index (χ4n) is 1.78. The number of hydrogen-bond donors (Lipinski definition) is 1. The molecule has 0 saturated heterocycles. The van der Waals surface area contributed by atoms with E-state index in [4.69, 9.17) is 0 Å². The molecule has 0 aliphatic rings. The van der Waals surface area contributed by atoms with Crippen LogP contribution in [0.25, 0.3) is 0 Å². The van der Waals surface area contributed by atoms with Gasteiger partial charge in [-0.05, 0) is 18.6 Å². The van der Waals surface area contributed by atoms with E-state index in [0.29, 0.717) is 12.5 Å². The lowest BCUT2D eigenvalue weighted by Crippen LogP contribution is -2.42. The average Bonchev–Trinajstić information content (AvgIpc) is 2.49. The van der Waals surface area contributed by atoms with E-state index in [0.717, 1.165) is 19.2 Å². The van der Waals surface area contributed by atoms with Crippen LogP contribution in [0.15, 0.2) is 18.2 Å². The molecule has 0 aliphatic heterocycles. The van der Waals surface area contributed by atoms with Crippen molar-refractivity contribution >= 4 is 17.7 Å². The highest BCUT2D eigenvalue weighted by Gasteiger charge is 2.24. The minimum atomic E-state index is -1.07. The van der Waals surface area contributed by atoms with Gasteiger partial charge in [0.05, 0.1) is 12.7 Å². The van der Waals surface area contributed by atoms with Crippen molar-refractivity contribution in [1.82, 2.24) is 5.32 Å². The van der Waals surface area contributed by atoms with Crippen molar-refractivity contribution in [2.45, 2.75) is 32.2 Å². The molecular formula is C15H17F2NO4. The average molecular weight is 313 g/mol. The third kappa shape index (κ3) is 4.91. The zero-order valence-corrected chi connectivity index (χ0v) is 12.3. The molecule has 1 amide bonds. The van der Waals surface area contributed by atoms with Crippen LogP contribution in [0.4, 0.5) is 8.78 Å². The zero-order valence-electron chi connectivity index (χ0n) is 12.3. The van der Waals surface area contributed by atoms with Crippen LogP contribution in [0.2, 0.25) is 0 Å². The molecule has 0 fully saturated rings. The van der Waals surface area contributed by atoms with Gasteiger partial charge in [-0.1, -0.05) is 6.92 Å². The topological polar surface area (TPSA) is 72.5 Å². The van der Waals surface area contributed by atoms with Crippen LogP contribution in [0.1, 0.15) is 36.5 Å². The standard InChI is InChI=1S/C15H17F2NO4/c1-3-10(19)5-7-13(15(21)22-2)18-14(20)11-6-4-9(16)8-12(11)17/h4,6,8,13H,3,5,7H2,1-2H3,(H,18,20)/t13-/m1/s1. The van der Waals surface area contributed by atoms with Crippen molar-refractivity contribution in [3.8, 4) is 0 Å². The predicted octanol–water partition coefficient (Wildman–Crippen LogP) is 2.00. The molecule has 1 atom stereocenters. The minimum absolute atomic E-state index is 0.0495. The van der Waals surface area contributed by atoms with Crippen molar-refractivity contribution in [1.29, 1.82) is 0 Å². The van der Waals surface area contributed by atoms with E-state index in [-0.39, 0.29) is 18.6 Å². The van der Waals surface area contributed by atoms with Crippen molar-refractivity contribution in [2.75, 3.05) is 7.11 Å². The summed E-state index contributed by atoms with van der Waals surface area (Å²) in [5.74, 6) is -3.54. The predicted molar refractivity (Wildman–Crippen MR) is 74.2 cm³/mol. The van der Waals surface area contributed by atoms with Crippen molar-refractivity contribution in [3.05, 3.63) is 35.4 Å². The van der Waals surface area contributed by atoms with E-state index in [1.807, 2.05) is 0 Å². The van der Waals surface area contributed by atoms with Crippen molar-refractivity contribution in [3.63, 3.8) is 0 Å². The Morgan fingerprint density at radius 1 is 1.27 bits per heavy atom. The summed E-state index contributed by atoms with van der Waals surface area (Å²) in [6.07, 6.45) is 0.449. The first-order valence-electron chi connectivity index (χ1n) is 6.74. The van der Waals surface area contributed by atoms with Crippen LogP contribution in [-0.4, -0.2) is 30.8 Å². The highest BCUT2D eigenvalue weighted by Crippen LogP contribution is 2.11. The monoisotopic (exact) mass is 313 g/mol. The molecule has 0 bridgehead atoms.